The number of nitrogens with one attached hydrogen (secondary N) is 1. The molecule has 3 aliphatic rings. The Labute approximate surface area is 183 Å². The zero-order valence-electron chi connectivity index (χ0n) is 18.2. The zero-order chi connectivity index (χ0) is 21.2. The maximum Gasteiger partial charge on any atom is 0.254 e. The van der Waals surface area contributed by atoms with E-state index < -0.39 is 0 Å². The molecule has 2 aromatic rings. The Balaban J connectivity index is 1.27. The molecule has 1 saturated heterocycles. The highest BCUT2D eigenvalue weighted by atomic mass is 16.2. The van der Waals surface area contributed by atoms with Crippen LogP contribution >= 0.6 is 0 Å². The maximum absolute atomic E-state index is 12.8. The number of H-pyrrole nitrogens is 1. The van der Waals surface area contributed by atoms with Crippen molar-refractivity contribution in [1.82, 2.24) is 19.8 Å². The van der Waals surface area contributed by atoms with Gasteiger partial charge in [0.25, 0.3) is 5.56 Å². The first kappa shape index (κ1) is 20.4. The molecule has 31 heavy (non-hydrogen) atoms. The first-order valence-corrected chi connectivity index (χ1v) is 11.8. The molecule has 1 aromatic carbocycles. The van der Waals surface area contributed by atoms with Crippen LogP contribution in [0, 0.1) is 0 Å². The van der Waals surface area contributed by atoms with Crippen LogP contribution in [0.2, 0.25) is 0 Å². The third-order valence-electron chi connectivity index (χ3n) is 7.34. The second kappa shape index (κ2) is 8.95. The van der Waals surface area contributed by atoms with E-state index in [0.29, 0.717) is 19.0 Å². The van der Waals surface area contributed by atoms with E-state index in [2.05, 4.69) is 9.88 Å². The molecule has 6 heteroatoms. The highest BCUT2D eigenvalue weighted by Crippen LogP contribution is 2.29. The molecule has 3 heterocycles. The average Bonchev–Trinajstić information content (AvgIpc) is 3.31. The topological polar surface area (TPSA) is 69.3 Å². The Hall–Kier alpha value is -2.47. The molecule has 0 radical (unpaired) electrons. The van der Waals surface area contributed by atoms with Gasteiger partial charge in [0.15, 0.2) is 0 Å². The normalized spacial score (nSPS) is 22.5. The molecule has 1 amide bonds. The van der Waals surface area contributed by atoms with E-state index in [9.17, 15) is 9.59 Å². The summed E-state index contributed by atoms with van der Waals surface area (Å²) in [4.78, 5) is 38.0. The largest absolute Gasteiger partial charge is 0.342 e. The number of nitrogens with zero attached hydrogens (tertiary/aromatic N) is 3. The third kappa shape index (κ3) is 4.45. The molecule has 164 valence electrons. The fourth-order valence-electron chi connectivity index (χ4n) is 5.52. The predicted molar refractivity (Wildman–Crippen MR) is 120 cm³/mol. The van der Waals surface area contributed by atoms with Gasteiger partial charge in [-0.15, -0.1) is 0 Å². The Morgan fingerprint density at radius 3 is 2.68 bits per heavy atom. The van der Waals surface area contributed by atoms with Crippen LogP contribution in [0.3, 0.4) is 0 Å². The van der Waals surface area contributed by atoms with Crippen molar-refractivity contribution in [3.05, 3.63) is 63.3 Å². The van der Waals surface area contributed by atoms with Crippen molar-refractivity contribution in [3.63, 3.8) is 0 Å². The standard InChI is InChI=1S/C25H32N4O2/c30-23(15-18-7-3-1-4-8-18)29-13-11-19(16-29)24-26-22-17-28(20-9-5-2-6-10-20)14-12-21(22)25(31)27-24/h1,3-4,7-8,19-20H,2,5-6,9-17H2,(H,26,27,31). The number of carbonyl (C=O) groups excluding carboxylic acids is 1. The Morgan fingerprint density at radius 2 is 1.87 bits per heavy atom. The minimum Gasteiger partial charge on any atom is -0.342 e. The summed E-state index contributed by atoms with van der Waals surface area (Å²) in [5, 5.41) is 0. The van der Waals surface area contributed by atoms with Gasteiger partial charge in [0.1, 0.15) is 5.82 Å². The van der Waals surface area contributed by atoms with Crippen LogP contribution in [0.15, 0.2) is 35.1 Å². The van der Waals surface area contributed by atoms with Crippen molar-refractivity contribution in [2.45, 2.75) is 69.9 Å². The fraction of sp³-hybridized carbons (Fsp3) is 0.560. The van der Waals surface area contributed by atoms with Crippen LogP contribution in [0.5, 0.6) is 0 Å². The summed E-state index contributed by atoms with van der Waals surface area (Å²) in [6.07, 6.45) is 8.60. The zero-order valence-corrected chi connectivity index (χ0v) is 18.2. The lowest BCUT2D eigenvalue weighted by Crippen LogP contribution is -2.42. The molecule has 2 fully saturated rings. The van der Waals surface area contributed by atoms with Crippen LogP contribution in [0.25, 0.3) is 0 Å². The summed E-state index contributed by atoms with van der Waals surface area (Å²) in [5.41, 5.74) is 2.90. The number of carbonyl (C=O) groups is 1. The van der Waals surface area contributed by atoms with E-state index in [4.69, 9.17) is 4.98 Å². The molecule has 1 saturated carbocycles. The van der Waals surface area contributed by atoms with Gasteiger partial charge in [0.2, 0.25) is 5.91 Å². The van der Waals surface area contributed by atoms with Crippen LogP contribution < -0.4 is 5.56 Å². The van der Waals surface area contributed by atoms with Gasteiger partial charge in [-0.05, 0) is 31.2 Å². The molecule has 2 aliphatic heterocycles. The third-order valence-corrected chi connectivity index (χ3v) is 7.34. The van der Waals surface area contributed by atoms with Crippen LogP contribution in [-0.2, 0) is 24.2 Å². The van der Waals surface area contributed by atoms with Crippen LogP contribution in [0.4, 0.5) is 0 Å². The van der Waals surface area contributed by atoms with Gasteiger partial charge in [0.05, 0.1) is 12.1 Å². The SMILES string of the molecule is O=C(Cc1ccccc1)N1CCC(c2nc3c(c(=O)[nH]2)CCN(C2CCCCC2)C3)C1. The number of hydrogen-bond donors (Lipinski definition) is 1. The van der Waals surface area contributed by atoms with Gasteiger partial charge in [-0.25, -0.2) is 4.98 Å². The van der Waals surface area contributed by atoms with E-state index in [1.54, 1.807) is 0 Å². The van der Waals surface area contributed by atoms with Gasteiger partial charge in [-0.2, -0.15) is 0 Å². The first-order valence-electron chi connectivity index (χ1n) is 11.8. The second-order valence-electron chi connectivity index (χ2n) is 9.38. The number of likely N-dealkylation sites (tertiary alicyclic amines) is 1. The lowest BCUT2D eigenvalue weighted by Gasteiger charge is -2.37. The van der Waals surface area contributed by atoms with E-state index in [0.717, 1.165) is 55.1 Å². The number of aromatic amines is 1. The number of benzene rings is 1. The summed E-state index contributed by atoms with van der Waals surface area (Å²) < 4.78 is 0. The van der Waals surface area contributed by atoms with Gasteiger partial charge >= 0.3 is 0 Å². The van der Waals surface area contributed by atoms with Gasteiger partial charge in [0, 0.05) is 43.7 Å². The number of rotatable bonds is 4. The maximum atomic E-state index is 12.8. The lowest BCUT2D eigenvalue weighted by molar-refractivity contribution is -0.129. The summed E-state index contributed by atoms with van der Waals surface area (Å²) >= 11 is 0. The number of amides is 1. The van der Waals surface area contributed by atoms with Crippen molar-refractivity contribution in [1.29, 1.82) is 0 Å². The van der Waals surface area contributed by atoms with Crippen molar-refractivity contribution in [3.8, 4) is 0 Å². The highest BCUT2D eigenvalue weighted by molar-refractivity contribution is 5.79. The van der Waals surface area contributed by atoms with E-state index in [1.165, 1.54) is 32.1 Å². The summed E-state index contributed by atoms with van der Waals surface area (Å²) in [6.45, 7) is 3.12. The van der Waals surface area contributed by atoms with E-state index >= 15 is 0 Å². The van der Waals surface area contributed by atoms with Crippen molar-refractivity contribution >= 4 is 5.91 Å². The Kier molecular flexibility index (Phi) is 5.90. The molecular formula is C25H32N4O2. The van der Waals surface area contributed by atoms with Gasteiger partial charge in [-0.1, -0.05) is 49.6 Å². The van der Waals surface area contributed by atoms with Crippen LogP contribution in [0.1, 0.15) is 67.1 Å². The molecule has 1 atom stereocenters. The minimum absolute atomic E-state index is 0.0253. The average molecular weight is 421 g/mol. The van der Waals surface area contributed by atoms with Crippen molar-refractivity contribution in [2.24, 2.45) is 0 Å². The number of fused-ring (bicyclic) bond motifs is 1. The summed E-state index contributed by atoms with van der Waals surface area (Å²) in [5.74, 6) is 1.03. The van der Waals surface area contributed by atoms with Crippen LogP contribution in [-0.4, -0.2) is 51.4 Å². The number of aromatic nitrogens is 2. The highest BCUT2D eigenvalue weighted by Gasteiger charge is 2.32. The molecule has 6 nitrogen and oxygen atoms in total. The monoisotopic (exact) mass is 420 g/mol. The van der Waals surface area contributed by atoms with E-state index in [1.807, 2.05) is 35.2 Å². The molecule has 5 rings (SSSR count). The first-order chi connectivity index (χ1) is 15.2. The van der Waals surface area contributed by atoms with E-state index in [-0.39, 0.29) is 17.4 Å². The van der Waals surface area contributed by atoms with Crippen molar-refractivity contribution < 1.29 is 4.79 Å². The Morgan fingerprint density at radius 1 is 1.06 bits per heavy atom. The molecule has 1 N–H and O–H groups in total. The molecule has 0 bridgehead atoms. The minimum atomic E-state index is 0.0253. The second-order valence-corrected chi connectivity index (χ2v) is 9.38. The predicted octanol–water partition coefficient (Wildman–Crippen LogP) is 3.02. The number of hydrogen-bond acceptors (Lipinski definition) is 4. The van der Waals surface area contributed by atoms with Crippen molar-refractivity contribution in [2.75, 3.05) is 19.6 Å². The quantitative estimate of drug-likeness (QED) is 0.826. The summed E-state index contributed by atoms with van der Waals surface area (Å²) in [7, 11) is 0. The molecule has 1 aliphatic carbocycles. The van der Waals surface area contributed by atoms with Gasteiger partial charge < -0.3 is 9.88 Å². The Bertz CT molecular complexity index is 981. The lowest BCUT2D eigenvalue weighted by atomic mass is 9.92. The molecular weight excluding hydrogens is 388 g/mol. The smallest absolute Gasteiger partial charge is 0.254 e. The summed E-state index contributed by atoms with van der Waals surface area (Å²) in [6, 6.07) is 10.5. The fourth-order valence-corrected chi connectivity index (χ4v) is 5.52. The molecule has 1 unspecified atom stereocenters. The molecule has 1 aromatic heterocycles. The van der Waals surface area contributed by atoms with Gasteiger partial charge in [-0.3, -0.25) is 14.5 Å². The molecule has 0 spiro atoms.